The fourth-order valence-corrected chi connectivity index (χ4v) is 1.70. The number of rotatable bonds is 6. The Morgan fingerprint density at radius 3 is 2.24 bits per heavy atom. The highest BCUT2D eigenvalue weighted by molar-refractivity contribution is 5.89. The van der Waals surface area contributed by atoms with Crippen molar-refractivity contribution in [1.29, 1.82) is 0 Å². The quantitative estimate of drug-likeness (QED) is 0.819. The van der Waals surface area contributed by atoms with Crippen LogP contribution in [0.25, 0.3) is 0 Å². The van der Waals surface area contributed by atoms with E-state index in [1.807, 2.05) is 30.3 Å². The molecule has 0 aliphatic carbocycles. The van der Waals surface area contributed by atoms with Crippen molar-refractivity contribution in [2.75, 3.05) is 6.54 Å². The number of hydrogen-bond acceptors (Lipinski definition) is 3. The summed E-state index contributed by atoms with van der Waals surface area (Å²) < 4.78 is 0. The minimum Gasteiger partial charge on any atom is -0.480 e. The van der Waals surface area contributed by atoms with E-state index in [4.69, 9.17) is 5.11 Å². The van der Waals surface area contributed by atoms with Gasteiger partial charge in [-0.3, -0.25) is 9.59 Å². The maximum absolute atomic E-state index is 11.9. The third-order valence-corrected chi connectivity index (χ3v) is 2.98. The van der Waals surface area contributed by atoms with Gasteiger partial charge in [0, 0.05) is 13.5 Å². The summed E-state index contributed by atoms with van der Waals surface area (Å²) in [6, 6.07) is 9.27. The highest BCUT2D eigenvalue weighted by Gasteiger charge is 2.29. The molecule has 2 N–H and O–H groups in total. The first-order valence-corrected chi connectivity index (χ1v) is 6.56. The van der Waals surface area contributed by atoms with Crippen LogP contribution in [0, 0.1) is 0 Å². The first-order chi connectivity index (χ1) is 9.72. The number of carboxylic acid groups (broad SMARTS) is 1. The van der Waals surface area contributed by atoms with Gasteiger partial charge in [0.25, 0.3) is 0 Å². The molecule has 0 aromatic heterocycles. The maximum atomic E-state index is 11.9. The van der Waals surface area contributed by atoms with Gasteiger partial charge in [0.05, 0.1) is 6.54 Å². The van der Waals surface area contributed by atoms with Crippen LogP contribution in [0.15, 0.2) is 30.3 Å². The number of carbonyl (C=O) groups excluding carboxylic acids is 2. The van der Waals surface area contributed by atoms with E-state index in [1.54, 1.807) is 0 Å². The van der Waals surface area contributed by atoms with E-state index in [1.165, 1.54) is 25.7 Å². The second kappa shape index (κ2) is 6.88. The Hall–Kier alpha value is -2.37. The Morgan fingerprint density at radius 2 is 1.76 bits per heavy atom. The molecule has 0 heterocycles. The zero-order valence-corrected chi connectivity index (χ0v) is 12.4. The molecule has 114 valence electrons. The smallest absolute Gasteiger partial charge is 0.328 e. The van der Waals surface area contributed by atoms with E-state index in [9.17, 15) is 14.4 Å². The molecule has 0 unspecified atom stereocenters. The first kappa shape index (κ1) is 16.7. The lowest BCUT2D eigenvalue weighted by atomic mass is 10.1. The molecule has 1 rings (SSSR count). The van der Waals surface area contributed by atoms with Gasteiger partial charge in [0.2, 0.25) is 11.8 Å². The normalized spacial score (nSPS) is 10.8. The van der Waals surface area contributed by atoms with Gasteiger partial charge in [-0.1, -0.05) is 30.3 Å². The Morgan fingerprint density at radius 1 is 1.19 bits per heavy atom. The van der Waals surface area contributed by atoms with Crippen LogP contribution in [0.5, 0.6) is 0 Å². The number of carboxylic acids is 1. The largest absolute Gasteiger partial charge is 0.480 e. The Kier molecular flexibility index (Phi) is 5.46. The summed E-state index contributed by atoms with van der Waals surface area (Å²) in [6.07, 6.45) is 0. The zero-order valence-electron chi connectivity index (χ0n) is 12.4. The van der Waals surface area contributed by atoms with Crippen LogP contribution in [0.4, 0.5) is 0 Å². The minimum atomic E-state index is -1.37. The van der Waals surface area contributed by atoms with Crippen LogP contribution >= 0.6 is 0 Å². The van der Waals surface area contributed by atoms with Gasteiger partial charge in [0.15, 0.2) is 0 Å². The topological polar surface area (TPSA) is 86.7 Å². The van der Waals surface area contributed by atoms with Gasteiger partial charge in [-0.15, -0.1) is 0 Å². The molecule has 21 heavy (non-hydrogen) atoms. The standard InChI is InChI=1S/C15H20N2O4/c1-11(18)17(9-12-7-5-4-6-8-12)10-13(19)16-15(2,3)14(20)21/h4-8H,9-10H2,1-3H3,(H,16,19)(H,20,21). The third kappa shape index (κ3) is 5.25. The summed E-state index contributed by atoms with van der Waals surface area (Å²) in [5.74, 6) is -1.89. The molecule has 0 radical (unpaired) electrons. The molecule has 0 fully saturated rings. The SMILES string of the molecule is CC(=O)N(CC(=O)NC(C)(C)C(=O)O)Cc1ccccc1. The van der Waals surface area contributed by atoms with E-state index in [-0.39, 0.29) is 12.5 Å². The molecule has 0 aliphatic rings. The molecule has 6 nitrogen and oxygen atoms in total. The van der Waals surface area contributed by atoms with Crippen LogP contribution in [0.1, 0.15) is 26.3 Å². The van der Waals surface area contributed by atoms with Crippen LogP contribution in [-0.4, -0.2) is 39.9 Å². The monoisotopic (exact) mass is 292 g/mol. The number of nitrogens with one attached hydrogen (secondary N) is 1. The van der Waals surface area contributed by atoms with Crippen molar-refractivity contribution in [2.45, 2.75) is 32.9 Å². The zero-order chi connectivity index (χ0) is 16.0. The molecule has 0 aliphatic heterocycles. The van der Waals surface area contributed by atoms with Crippen molar-refractivity contribution in [3.8, 4) is 0 Å². The molecule has 1 aromatic rings. The average molecular weight is 292 g/mol. The molecule has 1 aromatic carbocycles. The highest BCUT2D eigenvalue weighted by atomic mass is 16.4. The molecule has 0 atom stereocenters. The summed E-state index contributed by atoms with van der Waals surface area (Å²) in [5.41, 5.74) is -0.468. The van der Waals surface area contributed by atoms with Crippen molar-refractivity contribution < 1.29 is 19.5 Å². The van der Waals surface area contributed by atoms with Crippen molar-refractivity contribution in [3.05, 3.63) is 35.9 Å². The third-order valence-electron chi connectivity index (χ3n) is 2.98. The predicted molar refractivity (Wildman–Crippen MR) is 77.4 cm³/mol. The van der Waals surface area contributed by atoms with Crippen LogP contribution < -0.4 is 5.32 Å². The Labute approximate surface area is 123 Å². The Balaban J connectivity index is 2.69. The summed E-state index contributed by atoms with van der Waals surface area (Å²) >= 11 is 0. The van der Waals surface area contributed by atoms with Crippen LogP contribution in [0.3, 0.4) is 0 Å². The highest BCUT2D eigenvalue weighted by Crippen LogP contribution is 2.06. The summed E-state index contributed by atoms with van der Waals surface area (Å²) in [6.45, 7) is 4.28. The van der Waals surface area contributed by atoms with Crippen LogP contribution in [0.2, 0.25) is 0 Å². The second-order valence-corrected chi connectivity index (χ2v) is 5.34. The summed E-state index contributed by atoms with van der Waals surface area (Å²) in [4.78, 5) is 35.8. The average Bonchev–Trinajstić information content (AvgIpc) is 2.38. The van der Waals surface area contributed by atoms with Gasteiger partial charge in [-0.2, -0.15) is 0 Å². The van der Waals surface area contributed by atoms with E-state index in [0.717, 1.165) is 5.56 Å². The first-order valence-electron chi connectivity index (χ1n) is 6.56. The van der Waals surface area contributed by atoms with Crippen molar-refractivity contribution in [1.82, 2.24) is 10.2 Å². The predicted octanol–water partition coefficient (Wildman–Crippen LogP) is 1.01. The van der Waals surface area contributed by atoms with E-state index in [0.29, 0.717) is 6.54 Å². The van der Waals surface area contributed by atoms with E-state index >= 15 is 0 Å². The Bertz CT molecular complexity index is 526. The second-order valence-electron chi connectivity index (χ2n) is 5.34. The molecule has 0 bridgehead atoms. The fraction of sp³-hybridized carbons (Fsp3) is 0.400. The lowest BCUT2D eigenvalue weighted by molar-refractivity contribution is -0.146. The summed E-state index contributed by atoms with van der Waals surface area (Å²) in [7, 11) is 0. The number of hydrogen-bond donors (Lipinski definition) is 2. The van der Waals surface area contributed by atoms with Gasteiger partial charge < -0.3 is 15.3 Å². The number of benzene rings is 1. The molecule has 0 saturated heterocycles. The molecular weight excluding hydrogens is 272 g/mol. The lowest BCUT2D eigenvalue weighted by Crippen LogP contribution is -2.52. The van der Waals surface area contributed by atoms with E-state index < -0.39 is 17.4 Å². The minimum absolute atomic E-state index is 0.180. The molecule has 2 amide bonds. The van der Waals surface area contributed by atoms with E-state index in [2.05, 4.69) is 5.32 Å². The molecular formula is C15H20N2O4. The molecule has 0 saturated carbocycles. The van der Waals surface area contributed by atoms with Gasteiger partial charge in [-0.25, -0.2) is 4.79 Å². The number of amides is 2. The maximum Gasteiger partial charge on any atom is 0.328 e. The fourth-order valence-electron chi connectivity index (χ4n) is 1.70. The number of nitrogens with zero attached hydrogens (tertiary/aromatic N) is 1. The number of aliphatic carboxylic acids is 1. The molecule has 6 heteroatoms. The lowest BCUT2D eigenvalue weighted by Gasteiger charge is -2.25. The van der Waals surface area contributed by atoms with Gasteiger partial charge >= 0.3 is 5.97 Å². The van der Waals surface area contributed by atoms with Crippen molar-refractivity contribution >= 4 is 17.8 Å². The summed E-state index contributed by atoms with van der Waals surface area (Å²) in [5, 5.41) is 11.4. The van der Waals surface area contributed by atoms with Gasteiger partial charge in [-0.05, 0) is 19.4 Å². The molecule has 0 spiro atoms. The number of carbonyl (C=O) groups is 3. The van der Waals surface area contributed by atoms with Crippen molar-refractivity contribution in [2.24, 2.45) is 0 Å². The van der Waals surface area contributed by atoms with Crippen molar-refractivity contribution in [3.63, 3.8) is 0 Å². The van der Waals surface area contributed by atoms with Gasteiger partial charge in [0.1, 0.15) is 5.54 Å². The van der Waals surface area contributed by atoms with Crippen LogP contribution in [-0.2, 0) is 20.9 Å².